The summed E-state index contributed by atoms with van der Waals surface area (Å²) in [5.74, 6) is -0.913. The Kier molecular flexibility index (Phi) is 2.83. The number of aromatic nitrogens is 1. The van der Waals surface area contributed by atoms with E-state index >= 15 is 0 Å². The van der Waals surface area contributed by atoms with Crippen molar-refractivity contribution in [3.05, 3.63) is 33.8 Å². The Morgan fingerprint density at radius 1 is 1.50 bits per heavy atom. The molecular formula is C11H10ClNO3. The van der Waals surface area contributed by atoms with Gasteiger partial charge in [0, 0.05) is 17.5 Å². The van der Waals surface area contributed by atoms with Crippen LogP contribution < -0.4 is 5.76 Å². The molecule has 0 spiro atoms. The van der Waals surface area contributed by atoms with E-state index in [4.69, 9.17) is 16.0 Å². The van der Waals surface area contributed by atoms with Crippen molar-refractivity contribution in [3.8, 4) is 0 Å². The molecule has 1 aromatic carbocycles. The third-order valence-corrected chi connectivity index (χ3v) is 2.49. The highest BCUT2D eigenvalue weighted by Crippen LogP contribution is 2.18. The number of rotatable bonds is 2. The quantitative estimate of drug-likeness (QED) is 0.810. The van der Waals surface area contributed by atoms with Gasteiger partial charge >= 0.3 is 5.76 Å². The normalized spacial score (nSPS) is 10.9. The summed E-state index contributed by atoms with van der Waals surface area (Å²) in [6.07, 6.45) is 1.00. The van der Waals surface area contributed by atoms with Crippen LogP contribution in [0.2, 0.25) is 5.02 Å². The number of hydrogen-bond donors (Lipinski definition) is 0. The smallest absolute Gasteiger partial charge is 0.407 e. The molecule has 0 saturated heterocycles. The maximum atomic E-state index is 11.7. The monoisotopic (exact) mass is 239 g/mol. The zero-order chi connectivity index (χ0) is 11.7. The van der Waals surface area contributed by atoms with E-state index in [1.54, 1.807) is 12.1 Å². The number of hydrogen-bond acceptors (Lipinski definition) is 3. The summed E-state index contributed by atoms with van der Waals surface area (Å²) in [6.45, 7) is 1.88. The van der Waals surface area contributed by atoms with Crippen molar-refractivity contribution < 1.29 is 9.21 Å². The average Bonchev–Trinajstić information content (AvgIpc) is 2.53. The number of carbonyl (C=O) groups excluding carboxylic acids is 1. The number of halogens is 1. The minimum Gasteiger partial charge on any atom is -0.407 e. The third kappa shape index (κ3) is 1.76. The summed E-state index contributed by atoms with van der Waals surface area (Å²) in [5, 5.41) is 0.469. The molecule has 2 rings (SSSR count). The van der Waals surface area contributed by atoms with Crippen molar-refractivity contribution in [3.63, 3.8) is 0 Å². The Morgan fingerprint density at radius 2 is 2.25 bits per heavy atom. The van der Waals surface area contributed by atoms with E-state index in [1.165, 1.54) is 6.07 Å². The summed E-state index contributed by atoms with van der Waals surface area (Å²) in [4.78, 5) is 23.2. The van der Waals surface area contributed by atoms with Gasteiger partial charge in [-0.25, -0.2) is 9.36 Å². The molecule has 0 fully saturated rings. The highest BCUT2D eigenvalue weighted by Gasteiger charge is 2.14. The SMILES string of the molecule is CCCC(=O)n1c(=O)oc2cc(Cl)ccc21. The Balaban J connectivity index is 2.65. The standard InChI is InChI=1S/C11H10ClNO3/c1-2-3-10(14)13-8-5-4-7(12)6-9(8)16-11(13)15/h4-6H,2-3H2,1H3. The minimum absolute atomic E-state index is 0.256. The summed E-state index contributed by atoms with van der Waals surface area (Å²) in [7, 11) is 0. The first kappa shape index (κ1) is 11.0. The van der Waals surface area contributed by atoms with Gasteiger partial charge in [-0.05, 0) is 18.6 Å². The van der Waals surface area contributed by atoms with Gasteiger partial charge in [-0.15, -0.1) is 0 Å². The highest BCUT2D eigenvalue weighted by atomic mass is 35.5. The molecule has 0 amide bonds. The maximum absolute atomic E-state index is 11.7. The molecule has 5 heteroatoms. The van der Waals surface area contributed by atoms with Crippen LogP contribution in [0.1, 0.15) is 24.6 Å². The van der Waals surface area contributed by atoms with Crippen LogP contribution in [-0.4, -0.2) is 10.5 Å². The molecule has 0 aliphatic heterocycles. The van der Waals surface area contributed by atoms with E-state index < -0.39 is 5.76 Å². The van der Waals surface area contributed by atoms with Gasteiger partial charge in [0.1, 0.15) is 0 Å². The Morgan fingerprint density at radius 3 is 2.94 bits per heavy atom. The summed E-state index contributed by atoms with van der Waals surface area (Å²) < 4.78 is 6.00. The van der Waals surface area contributed by atoms with Crippen molar-refractivity contribution in [2.45, 2.75) is 19.8 Å². The molecular weight excluding hydrogens is 230 g/mol. The number of carbonyl (C=O) groups is 1. The van der Waals surface area contributed by atoms with Gasteiger partial charge in [0.15, 0.2) is 5.58 Å². The lowest BCUT2D eigenvalue weighted by Gasteiger charge is -1.98. The van der Waals surface area contributed by atoms with E-state index in [0.29, 0.717) is 29.0 Å². The molecule has 0 aliphatic carbocycles. The summed E-state index contributed by atoms with van der Waals surface area (Å²) in [5.41, 5.74) is 0.801. The Hall–Kier alpha value is -1.55. The van der Waals surface area contributed by atoms with Gasteiger partial charge in [-0.1, -0.05) is 18.5 Å². The van der Waals surface area contributed by atoms with Crippen LogP contribution in [0, 0.1) is 0 Å². The predicted molar refractivity (Wildman–Crippen MR) is 61.0 cm³/mol. The van der Waals surface area contributed by atoms with E-state index in [-0.39, 0.29) is 5.91 Å². The molecule has 0 bridgehead atoms. The van der Waals surface area contributed by atoms with E-state index in [9.17, 15) is 9.59 Å². The predicted octanol–water partition coefficient (Wildman–Crippen LogP) is 2.69. The summed E-state index contributed by atoms with van der Waals surface area (Å²) in [6, 6.07) is 4.75. The first-order valence-electron chi connectivity index (χ1n) is 4.97. The lowest BCUT2D eigenvalue weighted by molar-refractivity contribution is 0.0898. The van der Waals surface area contributed by atoms with Crippen LogP contribution in [0.3, 0.4) is 0 Å². The second kappa shape index (κ2) is 4.14. The van der Waals surface area contributed by atoms with Gasteiger partial charge in [0.25, 0.3) is 0 Å². The zero-order valence-electron chi connectivity index (χ0n) is 8.70. The van der Waals surface area contributed by atoms with Crippen LogP contribution in [0.5, 0.6) is 0 Å². The lowest BCUT2D eigenvalue weighted by Crippen LogP contribution is -2.21. The van der Waals surface area contributed by atoms with Crippen LogP contribution >= 0.6 is 11.6 Å². The fourth-order valence-electron chi connectivity index (χ4n) is 1.55. The van der Waals surface area contributed by atoms with Crippen LogP contribution in [0.4, 0.5) is 0 Å². The molecule has 0 unspecified atom stereocenters. The zero-order valence-corrected chi connectivity index (χ0v) is 9.45. The Bertz CT molecular complexity index is 597. The van der Waals surface area contributed by atoms with Crippen molar-refractivity contribution in [1.82, 2.24) is 4.57 Å². The van der Waals surface area contributed by atoms with Gasteiger partial charge < -0.3 is 4.42 Å². The van der Waals surface area contributed by atoms with Gasteiger partial charge in [0.05, 0.1) is 5.52 Å². The number of benzene rings is 1. The maximum Gasteiger partial charge on any atom is 0.426 e. The van der Waals surface area contributed by atoms with Gasteiger partial charge in [-0.2, -0.15) is 0 Å². The fourth-order valence-corrected chi connectivity index (χ4v) is 1.72. The molecule has 1 aromatic heterocycles. The van der Waals surface area contributed by atoms with Crippen LogP contribution in [-0.2, 0) is 0 Å². The molecule has 0 atom stereocenters. The largest absolute Gasteiger partial charge is 0.426 e. The van der Waals surface area contributed by atoms with E-state index in [2.05, 4.69) is 0 Å². The molecule has 1 heterocycles. The first-order chi connectivity index (χ1) is 7.63. The molecule has 0 saturated carbocycles. The van der Waals surface area contributed by atoms with Crippen molar-refractivity contribution >= 4 is 28.6 Å². The molecule has 2 aromatic rings. The van der Waals surface area contributed by atoms with Crippen LogP contribution in [0.25, 0.3) is 11.1 Å². The number of oxazole rings is 1. The first-order valence-corrected chi connectivity index (χ1v) is 5.35. The Labute approximate surface area is 96.4 Å². The van der Waals surface area contributed by atoms with Crippen LogP contribution in [0.15, 0.2) is 27.4 Å². The molecule has 0 N–H and O–H groups in total. The highest BCUT2D eigenvalue weighted by molar-refractivity contribution is 6.31. The van der Waals surface area contributed by atoms with Gasteiger partial charge in [-0.3, -0.25) is 4.79 Å². The fraction of sp³-hybridized carbons (Fsp3) is 0.273. The summed E-state index contributed by atoms with van der Waals surface area (Å²) >= 11 is 5.76. The van der Waals surface area contributed by atoms with E-state index in [1.807, 2.05) is 6.92 Å². The molecule has 16 heavy (non-hydrogen) atoms. The topological polar surface area (TPSA) is 52.2 Å². The lowest BCUT2D eigenvalue weighted by atomic mass is 10.3. The molecule has 4 nitrogen and oxygen atoms in total. The van der Waals surface area contributed by atoms with Crippen molar-refractivity contribution in [1.29, 1.82) is 0 Å². The number of nitrogens with zero attached hydrogens (tertiary/aromatic N) is 1. The van der Waals surface area contributed by atoms with Crippen molar-refractivity contribution in [2.75, 3.05) is 0 Å². The molecule has 0 aliphatic rings. The molecule has 0 radical (unpaired) electrons. The van der Waals surface area contributed by atoms with Gasteiger partial charge in [0.2, 0.25) is 5.91 Å². The minimum atomic E-state index is -0.657. The number of fused-ring (bicyclic) bond motifs is 1. The van der Waals surface area contributed by atoms with Crippen molar-refractivity contribution in [2.24, 2.45) is 0 Å². The second-order valence-corrected chi connectivity index (χ2v) is 3.90. The third-order valence-electron chi connectivity index (χ3n) is 2.26. The molecule has 84 valence electrons. The average molecular weight is 240 g/mol. The van der Waals surface area contributed by atoms with E-state index in [0.717, 1.165) is 4.57 Å². The second-order valence-electron chi connectivity index (χ2n) is 3.46.